The van der Waals surface area contributed by atoms with E-state index in [9.17, 15) is 0 Å². The molecule has 0 saturated heterocycles. The third kappa shape index (κ3) is 9.42. The molecule has 0 aliphatic heterocycles. The Bertz CT molecular complexity index is 994. The van der Waals surface area contributed by atoms with Crippen molar-refractivity contribution in [2.45, 2.75) is 77.9 Å². The van der Waals surface area contributed by atoms with Gasteiger partial charge in [-0.2, -0.15) is 0 Å². The van der Waals surface area contributed by atoms with Crippen LogP contribution in [0.4, 0.5) is 0 Å². The molecule has 0 bridgehead atoms. The molecule has 2 aromatic carbocycles. The highest BCUT2D eigenvalue weighted by atomic mass is 16.5. The molecule has 1 atom stereocenters. The second kappa shape index (κ2) is 13.4. The van der Waals surface area contributed by atoms with E-state index >= 15 is 0 Å². The van der Waals surface area contributed by atoms with Crippen LogP contribution in [-0.2, 0) is 11.2 Å². The highest BCUT2D eigenvalue weighted by Crippen LogP contribution is 2.23. The zero-order valence-electron chi connectivity index (χ0n) is 21.8. The molecular formula is C30H41N3O2. The quantitative estimate of drug-likeness (QED) is 0.274. The van der Waals surface area contributed by atoms with Gasteiger partial charge in [0.25, 0.3) is 0 Å². The van der Waals surface area contributed by atoms with Gasteiger partial charge in [-0.25, -0.2) is 9.97 Å². The van der Waals surface area contributed by atoms with Gasteiger partial charge in [-0.05, 0) is 56.9 Å². The summed E-state index contributed by atoms with van der Waals surface area (Å²) in [6.07, 6.45) is 10.7. The van der Waals surface area contributed by atoms with Gasteiger partial charge in [-0.1, -0.05) is 69.0 Å². The lowest BCUT2D eigenvalue weighted by Crippen LogP contribution is -2.33. The highest BCUT2D eigenvalue weighted by Gasteiger charge is 2.13. The molecule has 1 heterocycles. The minimum absolute atomic E-state index is 0.0295. The molecule has 3 rings (SSSR count). The third-order valence-electron chi connectivity index (χ3n) is 5.80. The molecule has 0 amide bonds. The maximum atomic E-state index is 6.23. The summed E-state index contributed by atoms with van der Waals surface area (Å²) in [5.74, 6) is 1.62. The van der Waals surface area contributed by atoms with E-state index in [1.54, 1.807) is 0 Å². The molecule has 188 valence electrons. The molecule has 0 spiro atoms. The first-order valence-corrected chi connectivity index (χ1v) is 12.9. The van der Waals surface area contributed by atoms with Gasteiger partial charge in [0.15, 0.2) is 5.82 Å². The number of nitrogens with two attached hydrogens (primary N) is 1. The Morgan fingerprint density at radius 1 is 0.800 bits per heavy atom. The predicted molar refractivity (Wildman–Crippen MR) is 145 cm³/mol. The van der Waals surface area contributed by atoms with E-state index in [0.29, 0.717) is 12.4 Å². The Hall–Kier alpha value is -2.76. The second-order valence-electron chi connectivity index (χ2n) is 10.2. The summed E-state index contributed by atoms with van der Waals surface area (Å²) in [7, 11) is 0. The smallest absolute Gasteiger partial charge is 0.159 e. The van der Waals surface area contributed by atoms with E-state index < -0.39 is 0 Å². The Kier molecular flexibility index (Phi) is 10.2. The summed E-state index contributed by atoms with van der Waals surface area (Å²) in [5, 5.41) is 0. The fraction of sp³-hybridized carbons (Fsp3) is 0.467. The van der Waals surface area contributed by atoms with Gasteiger partial charge < -0.3 is 15.2 Å². The van der Waals surface area contributed by atoms with Gasteiger partial charge in [0, 0.05) is 29.6 Å². The van der Waals surface area contributed by atoms with Crippen molar-refractivity contribution in [2.24, 2.45) is 5.73 Å². The molecule has 5 heteroatoms. The van der Waals surface area contributed by atoms with E-state index in [4.69, 9.17) is 15.2 Å². The lowest BCUT2D eigenvalue weighted by atomic mass is 10.0. The van der Waals surface area contributed by atoms with Gasteiger partial charge in [-0.15, -0.1) is 0 Å². The van der Waals surface area contributed by atoms with Crippen LogP contribution in [0, 0.1) is 0 Å². The maximum absolute atomic E-state index is 6.23. The summed E-state index contributed by atoms with van der Waals surface area (Å²) >= 11 is 0. The van der Waals surface area contributed by atoms with E-state index in [0.717, 1.165) is 41.9 Å². The lowest BCUT2D eigenvalue weighted by Gasteiger charge is -2.22. The Labute approximate surface area is 211 Å². The molecule has 5 nitrogen and oxygen atoms in total. The molecule has 0 aliphatic carbocycles. The standard InChI is InChI=1S/C30H41N3O2/c1-5-6-7-8-9-18-34-28-16-14-24(15-17-28)26-20-32-29(33-21-26)25-12-10-23(11-13-25)19-27(31)22-35-30(2,3)4/h10-17,20-21,27H,5-9,18-19,22,31H2,1-4H3. The average Bonchev–Trinajstić information content (AvgIpc) is 2.85. The summed E-state index contributed by atoms with van der Waals surface area (Å²) in [6.45, 7) is 9.68. The number of benzene rings is 2. The fourth-order valence-corrected chi connectivity index (χ4v) is 3.77. The third-order valence-corrected chi connectivity index (χ3v) is 5.80. The zero-order valence-corrected chi connectivity index (χ0v) is 21.8. The SMILES string of the molecule is CCCCCCCOc1ccc(-c2cnc(-c3ccc(CC(N)COC(C)(C)C)cc3)nc2)cc1. The number of aromatic nitrogens is 2. The summed E-state index contributed by atoms with van der Waals surface area (Å²) in [6, 6.07) is 16.4. The van der Waals surface area contributed by atoms with Crippen molar-refractivity contribution in [1.29, 1.82) is 0 Å². The van der Waals surface area contributed by atoms with Crippen molar-refractivity contribution < 1.29 is 9.47 Å². The van der Waals surface area contributed by atoms with E-state index in [1.807, 2.05) is 45.3 Å². The highest BCUT2D eigenvalue weighted by molar-refractivity contribution is 5.64. The first-order chi connectivity index (χ1) is 16.8. The van der Waals surface area contributed by atoms with Crippen molar-refractivity contribution in [3.63, 3.8) is 0 Å². The van der Waals surface area contributed by atoms with Crippen LogP contribution in [0.25, 0.3) is 22.5 Å². The van der Waals surface area contributed by atoms with Crippen LogP contribution >= 0.6 is 0 Å². The van der Waals surface area contributed by atoms with Crippen LogP contribution in [-0.4, -0.2) is 34.8 Å². The number of hydrogen-bond acceptors (Lipinski definition) is 5. The normalized spacial score (nSPS) is 12.5. The van der Waals surface area contributed by atoms with Crippen LogP contribution in [0.2, 0.25) is 0 Å². The van der Waals surface area contributed by atoms with Gasteiger partial charge in [0.1, 0.15) is 5.75 Å². The molecule has 1 aromatic heterocycles. The first-order valence-electron chi connectivity index (χ1n) is 12.9. The van der Waals surface area contributed by atoms with Crippen LogP contribution < -0.4 is 10.5 Å². The van der Waals surface area contributed by atoms with Crippen LogP contribution in [0.1, 0.15) is 65.4 Å². The van der Waals surface area contributed by atoms with Gasteiger partial charge >= 0.3 is 0 Å². The number of unbranched alkanes of at least 4 members (excludes halogenated alkanes) is 4. The Morgan fingerprint density at radius 2 is 1.43 bits per heavy atom. The van der Waals surface area contributed by atoms with Gasteiger partial charge in [-0.3, -0.25) is 0 Å². The molecule has 3 aromatic rings. The number of nitrogens with zero attached hydrogens (tertiary/aromatic N) is 2. The van der Waals surface area contributed by atoms with Crippen LogP contribution in [0.5, 0.6) is 5.75 Å². The fourth-order valence-electron chi connectivity index (χ4n) is 3.77. The molecule has 0 fully saturated rings. The zero-order chi connectivity index (χ0) is 25.1. The molecule has 2 N–H and O–H groups in total. The van der Waals surface area contributed by atoms with E-state index in [1.165, 1.54) is 31.2 Å². The summed E-state index contributed by atoms with van der Waals surface area (Å²) < 4.78 is 11.7. The second-order valence-corrected chi connectivity index (χ2v) is 10.2. The number of hydrogen-bond donors (Lipinski definition) is 1. The molecule has 0 aliphatic rings. The Balaban J connectivity index is 1.51. The molecule has 35 heavy (non-hydrogen) atoms. The van der Waals surface area contributed by atoms with Crippen LogP contribution in [0.3, 0.4) is 0 Å². The van der Waals surface area contributed by atoms with Gasteiger partial charge in [0.05, 0.1) is 18.8 Å². The first kappa shape index (κ1) is 26.8. The van der Waals surface area contributed by atoms with E-state index in [-0.39, 0.29) is 11.6 Å². The monoisotopic (exact) mass is 475 g/mol. The topological polar surface area (TPSA) is 70.3 Å². The van der Waals surface area contributed by atoms with Crippen molar-refractivity contribution in [1.82, 2.24) is 9.97 Å². The largest absolute Gasteiger partial charge is 0.494 e. The van der Waals surface area contributed by atoms with Crippen LogP contribution in [0.15, 0.2) is 60.9 Å². The van der Waals surface area contributed by atoms with Crippen molar-refractivity contribution in [3.05, 3.63) is 66.5 Å². The summed E-state index contributed by atoms with van der Waals surface area (Å²) in [4.78, 5) is 9.19. The van der Waals surface area contributed by atoms with E-state index in [2.05, 4.69) is 53.3 Å². The summed E-state index contributed by atoms with van der Waals surface area (Å²) in [5.41, 5.74) is 10.3. The van der Waals surface area contributed by atoms with Gasteiger partial charge in [0.2, 0.25) is 0 Å². The maximum Gasteiger partial charge on any atom is 0.159 e. The average molecular weight is 476 g/mol. The lowest BCUT2D eigenvalue weighted by molar-refractivity contribution is -0.00983. The molecule has 0 radical (unpaired) electrons. The Morgan fingerprint density at radius 3 is 2.06 bits per heavy atom. The predicted octanol–water partition coefficient (Wildman–Crippen LogP) is 6.84. The minimum Gasteiger partial charge on any atom is -0.494 e. The number of rotatable bonds is 13. The van der Waals surface area contributed by atoms with Crippen molar-refractivity contribution in [3.8, 4) is 28.3 Å². The minimum atomic E-state index is -0.172. The molecular weight excluding hydrogens is 434 g/mol. The number of ether oxygens (including phenoxy) is 2. The molecule has 1 unspecified atom stereocenters. The van der Waals surface area contributed by atoms with Crippen molar-refractivity contribution in [2.75, 3.05) is 13.2 Å². The molecule has 0 saturated carbocycles. The van der Waals surface area contributed by atoms with Crippen molar-refractivity contribution >= 4 is 0 Å².